The summed E-state index contributed by atoms with van der Waals surface area (Å²) in [5.41, 5.74) is 3.58. The van der Waals surface area contributed by atoms with Crippen LogP contribution in [0.1, 0.15) is 68.1 Å². The lowest BCUT2D eigenvalue weighted by Gasteiger charge is -2.34. The first-order valence-corrected chi connectivity index (χ1v) is 12.9. The number of aliphatic hydroxyl groups excluding tert-OH is 1. The van der Waals surface area contributed by atoms with Crippen LogP contribution in [0.15, 0.2) is 24.3 Å². The molecule has 1 aliphatic heterocycles. The van der Waals surface area contributed by atoms with Crippen molar-refractivity contribution in [1.29, 1.82) is 0 Å². The smallest absolute Gasteiger partial charge is 0.306 e. The van der Waals surface area contributed by atoms with Gasteiger partial charge in [-0.3, -0.25) is 9.59 Å². The van der Waals surface area contributed by atoms with E-state index in [1.807, 2.05) is 23.7 Å². The number of aliphatic hydroxyl groups is 1. The number of nitrogens with zero attached hydrogens (tertiary/aromatic N) is 3. The highest BCUT2D eigenvalue weighted by Crippen LogP contribution is 2.43. The van der Waals surface area contributed by atoms with Crippen LogP contribution in [0.3, 0.4) is 0 Å². The van der Waals surface area contributed by atoms with Crippen LogP contribution in [0.25, 0.3) is 11.0 Å². The van der Waals surface area contributed by atoms with E-state index < -0.39 is 29.6 Å². The Hall–Kier alpha value is -3.73. The van der Waals surface area contributed by atoms with Gasteiger partial charge in [0.2, 0.25) is 0 Å². The van der Waals surface area contributed by atoms with Gasteiger partial charge in [0.25, 0.3) is 6.47 Å². The van der Waals surface area contributed by atoms with Crippen molar-refractivity contribution in [1.82, 2.24) is 9.55 Å². The number of aryl methyl sites for hydroxylation is 1. The zero-order valence-electron chi connectivity index (χ0n) is 22.1. The minimum Gasteiger partial charge on any atom is -0.493 e. The molecule has 4 unspecified atom stereocenters. The third-order valence-electron chi connectivity index (χ3n) is 7.96. The third kappa shape index (κ3) is 5.27. The molecule has 2 aliphatic rings. The van der Waals surface area contributed by atoms with Crippen molar-refractivity contribution in [3.63, 3.8) is 0 Å². The van der Waals surface area contributed by atoms with Gasteiger partial charge in [0.15, 0.2) is 11.6 Å². The number of fused-ring (bicyclic) bond motifs is 3. The lowest BCUT2D eigenvalue weighted by molar-refractivity contribution is -0.143. The fourth-order valence-electron chi connectivity index (χ4n) is 5.92. The fraction of sp³-hybridized carbons (Fsp3) is 0.464. The predicted molar refractivity (Wildman–Crippen MR) is 140 cm³/mol. The Balaban J connectivity index is 0.00000112. The lowest BCUT2D eigenvalue weighted by atomic mass is 9.85. The molecule has 3 aromatic rings. The van der Waals surface area contributed by atoms with Crippen LogP contribution in [0.2, 0.25) is 0 Å². The molecule has 0 saturated heterocycles. The molecule has 11 heteroatoms. The average Bonchev–Trinajstić information content (AvgIpc) is 3.30. The Labute approximate surface area is 224 Å². The van der Waals surface area contributed by atoms with E-state index in [0.717, 1.165) is 54.0 Å². The quantitative estimate of drug-likeness (QED) is 0.395. The number of carboxylic acids is 1. The number of imidazole rings is 1. The van der Waals surface area contributed by atoms with Crippen molar-refractivity contribution in [2.75, 3.05) is 19.1 Å². The molecule has 1 aliphatic carbocycles. The SMILES string of the molecule is COc1c(F)cc(F)cc1C(O)c1nc2c3c(ccc2n1C1CCCC(C(=O)O)C1)N(C)C(C)CC3.O=CO. The molecule has 5 rings (SSSR count). The van der Waals surface area contributed by atoms with Gasteiger partial charge in [-0.05, 0) is 57.2 Å². The van der Waals surface area contributed by atoms with Crippen molar-refractivity contribution < 1.29 is 38.4 Å². The number of carboxylic acid groups (broad SMARTS) is 2. The minimum atomic E-state index is -1.47. The molecule has 4 atom stereocenters. The summed E-state index contributed by atoms with van der Waals surface area (Å²) < 4.78 is 35.8. The fourth-order valence-corrected chi connectivity index (χ4v) is 5.92. The zero-order valence-corrected chi connectivity index (χ0v) is 22.1. The van der Waals surface area contributed by atoms with Crippen LogP contribution < -0.4 is 9.64 Å². The van der Waals surface area contributed by atoms with Gasteiger partial charge >= 0.3 is 5.97 Å². The van der Waals surface area contributed by atoms with E-state index in [1.54, 1.807) is 0 Å². The van der Waals surface area contributed by atoms with Gasteiger partial charge in [-0.2, -0.15) is 0 Å². The number of halogens is 2. The number of carbonyl (C=O) groups is 2. The van der Waals surface area contributed by atoms with Crippen LogP contribution in [-0.4, -0.2) is 57.5 Å². The summed E-state index contributed by atoms with van der Waals surface area (Å²) in [5, 5.41) is 28.1. The van der Waals surface area contributed by atoms with E-state index in [9.17, 15) is 23.8 Å². The number of aromatic nitrogens is 2. The topological polar surface area (TPSA) is 125 Å². The van der Waals surface area contributed by atoms with Crippen LogP contribution in [-0.2, 0) is 16.0 Å². The molecule has 1 fully saturated rings. The van der Waals surface area contributed by atoms with E-state index in [0.29, 0.717) is 24.9 Å². The predicted octanol–water partition coefficient (Wildman–Crippen LogP) is 4.69. The second kappa shape index (κ2) is 11.6. The van der Waals surface area contributed by atoms with Crippen molar-refractivity contribution >= 4 is 29.2 Å². The second-order valence-corrected chi connectivity index (χ2v) is 10.1. The summed E-state index contributed by atoms with van der Waals surface area (Å²) in [6.45, 7) is 1.92. The molecule has 0 radical (unpaired) electrons. The zero-order chi connectivity index (χ0) is 28.4. The summed E-state index contributed by atoms with van der Waals surface area (Å²) in [6.07, 6.45) is 2.71. The lowest BCUT2D eigenvalue weighted by Crippen LogP contribution is -2.33. The van der Waals surface area contributed by atoms with Crippen molar-refractivity contribution in [2.24, 2.45) is 5.92 Å². The van der Waals surface area contributed by atoms with Crippen molar-refractivity contribution in [3.05, 3.63) is 52.9 Å². The number of rotatable bonds is 5. The number of methoxy groups -OCH3 is 1. The minimum absolute atomic E-state index is 0.0586. The third-order valence-corrected chi connectivity index (χ3v) is 7.96. The molecule has 39 heavy (non-hydrogen) atoms. The van der Waals surface area contributed by atoms with Gasteiger partial charge in [-0.25, -0.2) is 13.8 Å². The van der Waals surface area contributed by atoms with E-state index in [2.05, 4.69) is 11.8 Å². The highest BCUT2D eigenvalue weighted by molar-refractivity contribution is 5.86. The van der Waals surface area contributed by atoms with Gasteiger partial charge < -0.3 is 29.5 Å². The van der Waals surface area contributed by atoms with E-state index in [1.165, 1.54) is 7.11 Å². The highest BCUT2D eigenvalue weighted by atomic mass is 19.1. The molecule has 2 heterocycles. The first kappa shape index (κ1) is 28.3. The normalized spacial score (nSPS) is 21.5. The molecule has 0 amide bonds. The molecular weight excluding hydrogens is 512 g/mol. The van der Waals surface area contributed by atoms with Gasteiger partial charge in [0.05, 0.1) is 24.1 Å². The van der Waals surface area contributed by atoms with Crippen molar-refractivity contribution in [2.45, 2.75) is 63.6 Å². The van der Waals surface area contributed by atoms with Crippen molar-refractivity contribution in [3.8, 4) is 5.75 Å². The first-order valence-electron chi connectivity index (χ1n) is 12.9. The number of benzene rings is 2. The van der Waals surface area contributed by atoms with Crippen LogP contribution >= 0.6 is 0 Å². The largest absolute Gasteiger partial charge is 0.493 e. The monoisotopic (exact) mass is 545 g/mol. The molecule has 1 aromatic heterocycles. The molecule has 2 aromatic carbocycles. The van der Waals surface area contributed by atoms with Gasteiger partial charge in [0.1, 0.15) is 17.7 Å². The summed E-state index contributed by atoms with van der Waals surface area (Å²) in [7, 11) is 3.31. The van der Waals surface area contributed by atoms with Gasteiger partial charge in [-0.15, -0.1) is 0 Å². The Morgan fingerprint density at radius 2 is 1.95 bits per heavy atom. The molecule has 9 nitrogen and oxygen atoms in total. The highest BCUT2D eigenvalue weighted by Gasteiger charge is 2.34. The number of ether oxygens (including phenoxy) is 1. The van der Waals surface area contributed by atoms with Crippen LogP contribution in [0.4, 0.5) is 14.5 Å². The van der Waals surface area contributed by atoms with Gasteiger partial charge in [-0.1, -0.05) is 6.42 Å². The molecule has 1 saturated carbocycles. The van der Waals surface area contributed by atoms with Crippen LogP contribution in [0, 0.1) is 17.6 Å². The van der Waals surface area contributed by atoms with E-state index in [4.69, 9.17) is 19.6 Å². The maximum absolute atomic E-state index is 14.5. The number of hydrogen-bond acceptors (Lipinski definition) is 6. The molecule has 3 N–H and O–H groups in total. The Morgan fingerprint density at radius 1 is 1.23 bits per heavy atom. The summed E-state index contributed by atoms with van der Waals surface area (Å²) in [6, 6.07) is 5.92. The average molecular weight is 546 g/mol. The summed E-state index contributed by atoms with van der Waals surface area (Å²) in [4.78, 5) is 27.3. The standard InChI is InChI=1S/C27H31F2N3O4.CH2O2/c1-14-7-8-18-21(31(14)2)9-10-22-23(18)30-26(32(22)17-6-4-5-15(11-17)27(34)35)24(33)19-12-16(28)13-20(29)25(19)36-3;2-1-3/h9-10,12-15,17,24,33H,4-8,11H2,1-3H3,(H,34,35);1H,(H,2,3). The maximum atomic E-state index is 14.5. The molecule has 0 bridgehead atoms. The molecular formula is C28H33F2N3O6. The van der Waals surface area contributed by atoms with E-state index >= 15 is 0 Å². The molecule has 0 spiro atoms. The van der Waals surface area contributed by atoms with Gasteiger partial charge in [0, 0.05) is 42.0 Å². The second-order valence-electron chi connectivity index (χ2n) is 10.1. The Bertz CT molecular complexity index is 1380. The van der Waals surface area contributed by atoms with E-state index in [-0.39, 0.29) is 29.7 Å². The Kier molecular flexibility index (Phi) is 8.39. The number of aliphatic carboxylic acids is 1. The number of anilines is 1. The first-order chi connectivity index (χ1) is 18.6. The number of hydrogen-bond donors (Lipinski definition) is 3. The molecule has 210 valence electrons. The summed E-state index contributed by atoms with van der Waals surface area (Å²) in [5.74, 6) is -3.10. The summed E-state index contributed by atoms with van der Waals surface area (Å²) >= 11 is 0. The maximum Gasteiger partial charge on any atom is 0.306 e. The van der Waals surface area contributed by atoms with Crippen LogP contribution in [0.5, 0.6) is 5.75 Å². The Morgan fingerprint density at radius 3 is 2.62 bits per heavy atom.